The van der Waals surface area contributed by atoms with Crippen molar-refractivity contribution in [1.29, 1.82) is 0 Å². The van der Waals surface area contributed by atoms with Crippen LogP contribution in [0.2, 0.25) is 0 Å². The second kappa shape index (κ2) is 7.01. The van der Waals surface area contributed by atoms with Crippen LogP contribution in [-0.4, -0.2) is 18.5 Å². The van der Waals surface area contributed by atoms with Gasteiger partial charge in [0.25, 0.3) is 5.91 Å². The third kappa shape index (κ3) is 4.15. The summed E-state index contributed by atoms with van der Waals surface area (Å²) in [5.41, 5.74) is 5.64. The standard InChI is InChI=1S/C13H19FN2O/c1-2-3-6-10(9-15)16-13(17)11-7-4-5-8-12(11)14/h4-5,7-8,10H,2-3,6,9,15H2,1H3,(H,16,17). The molecule has 0 fully saturated rings. The fourth-order valence-electron chi connectivity index (χ4n) is 1.61. The van der Waals surface area contributed by atoms with E-state index in [0.717, 1.165) is 19.3 Å². The van der Waals surface area contributed by atoms with Crippen molar-refractivity contribution in [2.24, 2.45) is 5.73 Å². The van der Waals surface area contributed by atoms with Gasteiger partial charge >= 0.3 is 0 Å². The predicted octanol–water partition coefficient (Wildman–Crippen LogP) is 2.07. The summed E-state index contributed by atoms with van der Waals surface area (Å²) < 4.78 is 13.4. The van der Waals surface area contributed by atoms with Crippen molar-refractivity contribution in [3.8, 4) is 0 Å². The Hall–Kier alpha value is -1.42. The number of nitrogens with one attached hydrogen (secondary N) is 1. The minimum Gasteiger partial charge on any atom is -0.348 e. The van der Waals surface area contributed by atoms with E-state index in [1.54, 1.807) is 12.1 Å². The minimum absolute atomic E-state index is 0.0717. The quantitative estimate of drug-likeness (QED) is 0.797. The number of rotatable bonds is 6. The highest BCUT2D eigenvalue weighted by Gasteiger charge is 2.14. The van der Waals surface area contributed by atoms with Crippen LogP contribution in [0.1, 0.15) is 36.5 Å². The van der Waals surface area contributed by atoms with Gasteiger partial charge in [-0.1, -0.05) is 31.9 Å². The highest BCUT2D eigenvalue weighted by atomic mass is 19.1. The lowest BCUT2D eigenvalue weighted by molar-refractivity contribution is 0.0931. The van der Waals surface area contributed by atoms with Crippen LogP contribution < -0.4 is 11.1 Å². The van der Waals surface area contributed by atoms with Crippen LogP contribution in [0.4, 0.5) is 4.39 Å². The van der Waals surface area contributed by atoms with E-state index in [0.29, 0.717) is 6.54 Å². The molecule has 1 aromatic rings. The fourth-order valence-corrected chi connectivity index (χ4v) is 1.61. The summed E-state index contributed by atoms with van der Waals surface area (Å²) in [5, 5.41) is 2.75. The van der Waals surface area contributed by atoms with Crippen LogP contribution in [0, 0.1) is 5.82 Å². The van der Waals surface area contributed by atoms with Gasteiger partial charge in [0.2, 0.25) is 0 Å². The first-order chi connectivity index (χ1) is 8.19. The average molecular weight is 238 g/mol. The summed E-state index contributed by atoms with van der Waals surface area (Å²) in [7, 11) is 0. The molecular formula is C13H19FN2O. The van der Waals surface area contributed by atoms with Gasteiger partial charge < -0.3 is 11.1 Å². The van der Waals surface area contributed by atoms with E-state index in [4.69, 9.17) is 5.73 Å². The van der Waals surface area contributed by atoms with Crippen molar-refractivity contribution in [2.45, 2.75) is 32.2 Å². The van der Waals surface area contributed by atoms with Gasteiger partial charge in [0.1, 0.15) is 5.82 Å². The van der Waals surface area contributed by atoms with Crippen molar-refractivity contribution in [2.75, 3.05) is 6.54 Å². The van der Waals surface area contributed by atoms with E-state index in [2.05, 4.69) is 12.2 Å². The molecule has 3 N–H and O–H groups in total. The van der Waals surface area contributed by atoms with Crippen molar-refractivity contribution in [1.82, 2.24) is 5.32 Å². The molecule has 1 rings (SSSR count). The van der Waals surface area contributed by atoms with Crippen LogP contribution in [0.5, 0.6) is 0 Å². The van der Waals surface area contributed by atoms with Gasteiger partial charge in [-0.15, -0.1) is 0 Å². The lowest BCUT2D eigenvalue weighted by Crippen LogP contribution is -2.40. The normalized spacial score (nSPS) is 12.2. The van der Waals surface area contributed by atoms with Gasteiger partial charge in [0.15, 0.2) is 0 Å². The van der Waals surface area contributed by atoms with Crippen LogP contribution in [-0.2, 0) is 0 Å². The number of amides is 1. The zero-order valence-corrected chi connectivity index (χ0v) is 10.1. The molecule has 94 valence electrons. The molecule has 17 heavy (non-hydrogen) atoms. The third-order valence-electron chi connectivity index (χ3n) is 2.64. The molecule has 0 aliphatic heterocycles. The molecule has 3 nitrogen and oxygen atoms in total. The lowest BCUT2D eigenvalue weighted by Gasteiger charge is -2.16. The first-order valence-corrected chi connectivity index (χ1v) is 5.94. The molecule has 0 aromatic heterocycles. The maximum Gasteiger partial charge on any atom is 0.254 e. The van der Waals surface area contributed by atoms with E-state index in [1.807, 2.05) is 0 Å². The molecule has 4 heteroatoms. The van der Waals surface area contributed by atoms with E-state index in [1.165, 1.54) is 12.1 Å². The maximum atomic E-state index is 13.4. The zero-order chi connectivity index (χ0) is 12.7. The highest BCUT2D eigenvalue weighted by molar-refractivity contribution is 5.94. The summed E-state index contributed by atoms with van der Waals surface area (Å²) in [5.74, 6) is -0.897. The largest absolute Gasteiger partial charge is 0.348 e. The summed E-state index contributed by atoms with van der Waals surface area (Å²) >= 11 is 0. The summed E-state index contributed by atoms with van der Waals surface area (Å²) in [6.07, 6.45) is 2.87. The van der Waals surface area contributed by atoms with Crippen molar-refractivity contribution < 1.29 is 9.18 Å². The third-order valence-corrected chi connectivity index (χ3v) is 2.64. The van der Waals surface area contributed by atoms with Gasteiger partial charge in [-0.3, -0.25) is 4.79 Å². The smallest absolute Gasteiger partial charge is 0.254 e. The van der Waals surface area contributed by atoms with Crippen molar-refractivity contribution in [3.05, 3.63) is 35.6 Å². The van der Waals surface area contributed by atoms with E-state index < -0.39 is 11.7 Å². The Morgan fingerprint density at radius 3 is 2.76 bits per heavy atom. The van der Waals surface area contributed by atoms with E-state index in [9.17, 15) is 9.18 Å². The summed E-state index contributed by atoms with van der Waals surface area (Å²) in [6, 6.07) is 5.86. The first kappa shape index (κ1) is 13.6. The lowest BCUT2D eigenvalue weighted by atomic mass is 10.1. The maximum absolute atomic E-state index is 13.4. The number of benzene rings is 1. The van der Waals surface area contributed by atoms with Gasteiger partial charge in [-0.25, -0.2) is 4.39 Å². The Morgan fingerprint density at radius 1 is 1.47 bits per heavy atom. The molecule has 1 atom stereocenters. The van der Waals surface area contributed by atoms with Crippen molar-refractivity contribution in [3.63, 3.8) is 0 Å². The van der Waals surface area contributed by atoms with Gasteiger partial charge in [-0.05, 0) is 18.6 Å². The van der Waals surface area contributed by atoms with Crippen molar-refractivity contribution >= 4 is 5.91 Å². The van der Waals surface area contributed by atoms with Crippen LogP contribution in [0.15, 0.2) is 24.3 Å². The Labute approximate surface area is 101 Å². The predicted molar refractivity (Wildman–Crippen MR) is 66.2 cm³/mol. The minimum atomic E-state index is -0.503. The number of carbonyl (C=O) groups excluding carboxylic acids is 1. The number of hydrogen-bond acceptors (Lipinski definition) is 2. The zero-order valence-electron chi connectivity index (χ0n) is 10.1. The van der Waals surface area contributed by atoms with Gasteiger partial charge in [0, 0.05) is 12.6 Å². The molecule has 1 unspecified atom stereocenters. The first-order valence-electron chi connectivity index (χ1n) is 5.94. The monoisotopic (exact) mass is 238 g/mol. The second-order valence-electron chi connectivity index (χ2n) is 4.03. The van der Waals surface area contributed by atoms with E-state index in [-0.39, 0.29) is 11.6 Å². The fraction of sp³-hybridized carbons (Fsp3) is 0.462. The Kier molecular flexibility index (Phi) is 5.63. The van der Waals surface area contributed by atoms with Crippen LogP contribution >= 0.6 is 0 Å². The Balaban J connectivity index is 2.61. The number of nitrogens with two attached hydrogens (primary N) is 1. The molecule has 0 radical (unpaired) electrons. The molecule has 0 saturated carbocycles. The topological polar surface area (TPSA) is 55.1 Å². The second-order valence-corrected chi connectivity index (χ2v) is 4.03. The van der Waals surface area contributed by atoms with E-state index >= 15 is 0 Å². The molecule has 0 saturated heterocycles. The number of hydrogen-bond donors (Lipinski definition) is 2. The number of halogens is 1. The SMILES string of the molecule is CCCCC(CN)NC(=O)c1ccccc1F. The molecule has 0 aliphatic rings. The van der Waals surface area contributed by atoms with Gasteiger partial charge in [-0.2, -0.15) is 0 Å². The number of unbranched alkanes of at least 4 members (excludes halogenated alkanes) is 1. The highest BCUT2D eigenvalue weighted by Crippen LogP contribution is 2.07. The molecule has 0 heterocycles. The molecular weight excluding hydrogens is 219 g/mol. The molecule has 1 aromatic carbocycles. The summed E-state index contributed by atoms with van der Waals surface area (Å²) in [6.45, 7) is 2.45. The molecule has 0 bridgehead atoms. The van der Waals surface area contributed by atoms with Gasteiger partial charge in [0.05, 0.1) is 5.56 Å². The average Bonchev–Trinajstić information content (AvgIpc) is 2.34. The molecule has 1 amide bonds. The summed E-state index contributed by atoms with van der Waals surface area (Å²) in [4.78, 5) is 11.8. The molecule has 0 aliphatic carbocycles. The molecule has 0 spiro atoms. The Bertz CT molecular complexity index is 368. The van der Waals surface area contributed by atoms with Crippen LogP contribution in [0.3, 0.4) is 0 Å². The Morgan fingerprint density at radius 2 is 2.18 bits per heavy atom. The number of carbonyl (C=O) groups is 1. The van der Waals surface area contributed by atoms with Crippen LogP contribution in [0.25, 0.3) is 0 Å².